The summed E-state index contributed by atoms with van der Waals surface area (Å²) in [7, 11) is -1.25. The fraction of sp³-hybridized carbons (Fsp3) is 0.524. The smallest absolute Gasteiger partial charge is 0.158 e. The number of hydrogen-bond acceptors (Lipinski definition) is 2. The maximum Gasteiger partial charge on any atom is 0.158 e. The molecule has 0 saturated heterocycles. The molecule has 2 aromatic carbocycles. The standard InChI is InChI=1S/C21H32O2Si/c1-5-9-10-16-11-17-13-20(22)21(23)14-18(17)12-19(16)15-24(6-2,7-3)8-4/h11-14,22-23H,5-10,15H2,1-4H3. The van der Waals surface area contributed by atoms with Gasteiger partial charge in [0.1, 0.15) is 0 Å². The number of unbranched alkanes of at least 4 members (excludes halogenated alkanes) is 1. The molecule has 0 saturated carbocycles. The molecule has 3 heteroatoms. The van der Waals surface area contributed by atoms with Gasteiger partial charge >= 0.3 is 0 Å². The van der Waals surface area contributed by atoms with Crippen LogP contribution in [-0.2, 0) is 12.5 Å². The Bertz CT molecular complexity index is 682. The monoisotopic (exact) mass is 344 g/mol. The molecule has 2 nitrogen and oxygen atoms in total. The Morgan fingerprint density at radius 1 is 0.750 bits per heavy atom. The van der Waals surface area contributed by atoms with Gasteiger partial charge in [0.15, 0.2) is 11.5 Å². The third-order valence-electron chi connectivity index (χ3n) is 5.87. The van der Waals surface area contributed by atoms with Gasteiger partial charge in [-0.2, -0.15) is 0 Å². The molecule has 0 heterocycles. The van der Waals surface area contributed by atoms with Crippen LogP contribution in [0.15, 0.2) is 24.3 Å². The van der Waals surface area contributed by atoms with Gasteiger partial charge in [-0.1, -0.05) is 64.4 Å². The number of aryl methyl sites for hydroxylation is 1. The zero-order valence-electron chi connectivity index (χ0n) is 15.7. The van der Waals surface area contributed by atoms with E-state index in [1.54, 1.807) is 12.1 Å². The van der Waals surface area contributed by atoms with Crippen LogP contribution in [0.3, 0.4) is 0 Å². The maximum atomic E-state index is 9.85. The first kappa shape index (κ1) is 18.8. The molecule has 0 aromatic heterocycles. The number of phenols is 2. The SMILES string of the molecule is CCCCc1cc2cc(O)c(O)cc2cc1C[Si](CC)(CC)CC. The molecule has 2 aromatic rings. The molecule has 2 rings (SSSR count). The lowest BCUT2D eigenvalue weighted by Gasteiger charge is -2.29. The Hall–Kier alpha value is -1.48. The zero-order valence-corrected chi connectivity index (χ0v) is 16.7. The molecule has 0 aliphatic heterocycles. The first-order valence-corrected chi connectivity index (χ1v) is 12.3. The molecule has 132 valence electrons. The van der Waals surface area contributed by atoms with E-state index in [4.69, 9.17) is 0 Å². The van der Waals surface area contributed by atoms with E-state index in [-0.39, 0.29) is 11.5 Å². The summed E-state index contributed by atoms with van der Waals surface area (Å²) in [6.45, 7) is 9.30. The molecule has 24 heavy (non-hydrogen) atoms. The first-order valence-electron chi connectivity index (χ1n) is 9.46. The summed E-state index contributed by atoms with van der Waals surface area (Å²) in [5, 5.41) is 21.7. The summed E-state index contributed by atoms with van der Waals surface area (Å²) >= 11 is 0. The summed E-state index contributed by atoms with van der Waals surface area (Å²) in [5.41, 5.74) is 2.90. The molecule has 0 spiro atoms. The normalized spacial score (nSPS) is 12.0. The van der Waals surface area contributed by atoms with E-state index < -0.39 is 8.07 Å². The average Bonchev–Trinajstić information content (AvgIpc) is 2.59. The lowest BCUT2D eigenvalue weighted by Crippen LogP contribution is -2.35. The van der Waals surface area contributed by atoms with Crippen molar-refractivity contribution in [3.8, 4) is 11.5 Å². The molecule has 0 aliphatic carbocycles. The van der Waals surface area contributed by atoms with Crippen LogP contribution in [-0.4, -0.2) is 18.3 Å². The van der Waals surface area contributed by atoms with Gasteiger partial charge in [0, 0.05) is 0 Å². The summed E-state index contributed by atoms with van der Waals surface area (Å²) in [4.78, 5) is 0. The average molecular weight is 345 g/mol. The van der Waals surface area contributed by atoms with Gasteiger partial charge < -0.3 is 10.2 Å². The topological polar surface area (TPSA) is 40.5 Å². The van der Waals surface area contributed by atoms with Gasteiger partial charge in [-0.05, 0) is 52.9 Å². The molecular weight excluding hydrogens is 312 g/mol. The number of benzene rings is 2. The van der Waals surface area contributed by atoms with E-state index in [9.17, 15) is 10.2 Å². The van der Waals surface area contributed by atoms with Gasteiger partial charge in [-0.25, -0.2) is 0 Å². The lowest BCUT2D eigenvalue weighted by molar-refractivity contribution is 0.405. The third kappa shape index (κ3) is 3.94. The van der Waals surface area contributed by atoms with Crippen molar-refractivity contribution in [2.75, 3.05) is 0 Å². The second kappa shape index (κ2) is 8.06. The van der Waals surface area contributed by atoms with E-state index in [1.807, 2.05) is 0 Å². The molecule has 0 bridgehead atoms. The van der Waals surface area contributed by atoms with E-state index in [1.165, 1.54) is 48.1 Å². The highest BCUT2D eigenvalue weighted by Crippen LogP contribution is 2.34. The Labute approximate surface area is 147 Å². The predicted octanol–water partition coefficient (Wildman–Crippen LogP) is 6.18. The van der Waals surface area contributed by atoms with E-state index in [0.29, 0.717) is 0 Å². The maximum absolute atomic E-state index is 9.85. The van der Waals surface area contributed by atoms with Crippen molar-refractivity contribution >= 4 is 18.8 Å². The Morgan fingerprint density at radius 2 is 1.25 bits per heavy atom. The highest BCUT2D eigenvalue weighted by atomic mass is 28.3. The summed E-state index contributed by atoms with van der Waals surface area (Å²) in [6, 6.07) is 13.1. The predicted molar refractivity (Wildman–Crippen MR) is 107 cm³/mol. The van der Waals surface area contributed by atoms with E-state index in [0.717, 1.165) is 17.2 Å². The van der Waals surface area contributed by atoms with Crippen molar-refractivity contribution in [2.24, 2.45) is 0 Å². The summed E-state index contributed by atoms with van der Waals surface area (Å²) < 4.78 is 0. The van der Waals surface area contributed by atoms with Crippen LogP contribution in [0.25, 0.3) is 10.8 Å². The van der Waals surface area contributed by atoms with Gasteiger partial charge in [-0.3, -0.25) is 0 Å². The van der Waals surface area contributed by atoms with Crippen LogP contribution >= 0.6 is 0 Å². The van der Waals surface area contributed by atoms with Crippen molar-refractivity contribution in [1.82, 2.24) is 0 Å². The molecule has 0 atom stereocenters. The van der Waals surface area contributed by atoms with Crippen molar-refractivity contribution in [3.63, 3.8) is 0 Å². The number of rotatable bonds is 8. The minimum atomic E-state index is -1.25. The van der Waals surface area contributed by atoms with Crippen molar-refractivity contribution in [3.05, 3.63) is 35.4 Å². The van der Waals surface area contributed by atoms with E-state index >= 15 is 0 Å². The van der Waals surface area contributed by atoms with Crippen molar-refractivity contribution in [1.29, 1.82) is 0 Å². The number of fused-ring (bicyclic) bond motifs is 1. The van der Waals surface area contributed by atoms with Gasteiger partial charge in [0.25, 0.3) is 0 Å². The highest BCUT2D eigenvalue weighted by Gasteiger charge is 2.28. The minimum Gasteiger partial charge on any atom is -0.504 e. The van der Waals surface area contributed by atoms with Crippen LogP contribution in [0.1, 0.15) is 51.7 Å². The van der Waals surface area contributed by atoms with Crippen LogP contribution in [0, 0.1) is 0 Å². The second-order valence-electron chi connectivity index (χ2n) is 7.15. The van der Waals surface area contributed by atoms with Crippen LogP contribution in [0.2, 0.25) is 18.1 Å². The Morgan fingerprint density at radius 3 is 1.71 bits per heavy atom. The Kier molecular flexibility index (Phi) is 6.33. The lowest BCUT2D eigenvalue weighted by atomic mass is 9.97. The first-order chi connectivity index (χ1) is 11.5. The summed E-state index contributed by atoms with van der Waals surface area (Å²) in [5.74, 6) is -0.0594. The molecule has 0 amide bonds. The third-order valence-corrected chi connectivity index (χ3v) is 11.5. The zero-order chi connectivity index (χ0) is 17.7. The quantitative estimate of drug-likeness (QED) is 0.443. The largest absolute Gasteiger partial charge is 0.504 e. The fourth-order valence-electron chi connectivity index (χ4n) is 3.71. The number of phenolic OH excluding ortho intramolecular Hbond substituents is 2. The summed E-state index contributed by atoms with van der Waals surface area (Å²) in [6.07, 6.45) is 3.49. The Balaban J connectivity index is 2.53. The molecule has 2 N–H and O–H groups in total. The fourth-order valence-corrected chi connectivity index (χ4v) is 7.10. The molecular formula is C21H32O2Si. The molecule has 0 unspecified atom stereocenters. The molecule has 0 aliphatic rings. The van der Waals surface area contributed by atoms with Crippen LogP contribution in [0.5, 0.6) is 11.5 Å². The second-order valence-corrected chi connectivity index (χ2v) is 12.6. The van der Waals surface area contributed by atoms with Gasteiger partial charge in [-0.15, -0.1) is 0 Å². The van der Waals surface area contributed by atoms with Crippen molar-refractivity contribution < 1.29 is 10.2 Å². The molecule has 0 fully saturated rings. The number of aromatic hydroxyl groups is 2. The molecule has 0 radical (unpaired) electrons. The van der Waals surface area contributed by atoms with Gasteiger partial charge in [0.2, 0.25) is 0 Å². The van der Waals surface area contributed by atoms with Crippen LogP contribution < -0.4 is 0 Å². The van der Waals surface area contributed by atoms with E-state index in [2.05, 4.69) is 39.8 Å². The van der Waals surface area contributed by atoms with Gasteiger partial charge in [0.05, 0.1) is 8.07 Å². The van der Waals surface area contributed by atoms with Crippen LogP contribution in [0.4, 0.5) is 0 Å². The number of hydrogen-bond donors (Lipinski definition) is 2. The minimum absolute atomic E-state index is 0.0280. The van der Waals surface area contributed by atoms with Crippen molar-refractivity contribution in [2.45, 2.75) is 71.1 Å². The highest BCUT2D eigenvalue weighted by molar-refractivity contribution is 6.79.